The van der Waals surface area contributed by atoms with E-state index < -0.39 is 0 Å². The molecule has 1 atom stereocenters. The Morgan fingerprint density at radius 2 is 1.65 bits per heavy atom. The summed E-state index contributed by atoms with van der Waals surface area (Å²) in [5, 5.41) is 3.73. The summed E-state index contributed by atoms with van der Waals surface area (Å²) < 4.78 is 0. The molecule has 0 aliphatic heterocycles. The van der Waals surface area contributed by atoms with E-state index in [1.807, 2.05) is 0 Å². The van der Waals surface area contributed by atoms with Gasteiger partial charge in [-0.05, 0) is 48.8 Å². The Labute approximate surface area is 122 Å². The van der Waals surface area contributed by atoms with Gasteiger partial charge in [-0.15, -0.1) is 0 Å². The van der Waals surface area contributed by atoms with Crippen LogP contribution in [0.5, 0.6) is 0 Å². The second-order valence-electron chi connectivity index (χ2n) is 6.34. The summed E-state index contributed by atoms with van der Waals surface area (Å²) in [6, 6.07) is 19.9. The molecular formula is C19H23N. The zero-order chi connectivity index (χ0) is 14.0. The second-order valence-corrected chi connectivity index (χ2v) is 6.34. The highest BCUT2D eigenvalue weighted by Gasteiger charge is 2.42. The number of anilines is 1. The van der Waals surface area contributed by atoms with Crippen LogP contribution in [0.2, 0.25) is 0 Å². The first-order valence-corrected chi connectivity index (χ1v) is 7.56. The quantitative estimate of drug-likeness (QED) is 0.812. The highest BCUT2D eigenvalue weighted by Crippen LogP contribution is 2.49. The summed E-state index contributed by atoms with van der Waals surface area (Å²) in [6.45, 7) is 4.69. The van der Waals surface area contributed by atoms with Crippen LogP contribution in [0.4, 0.5) is 5.69 Å². The van der Waals surface area contributed by atoms with Gasteiger partial charge in [-0.1, -0.05) is 55.5 Å². The fourth-order valence-electron chi connectivity index (χ4n) is 2.67. The number of nitrogens with one attached hydrogen (secondary N) is 1. The molecule has 104 valence electrons. The minimum Gasteiger partial charge on any atom is -0.382 e. The Morgan fingerprint density at radius 1 is 1.00 bits per heavy atom. The molecule has 0 bridgehead atoms. The molecule has 3 rings (SSSR count). The fraction of sp³-hybridized carbons (Fsp3) is 0.368. The van der Waals surface area contributed by atoms with Crippen LogP contribution in [0.3, 0.4) is 0 Å². The van der Waals surface area contributed by atoms with E-state index in [-0.39, 0.29) is 0 Å². The SMILES string of the molecule is CC(Nc1ccccc1Cc1ccccc1)C1(C)CC1. The van der Waals surface area contributed by atoms with E-state index >= 15 is 0 Å². The first kappa shape index (κ1) is 13.2. The zero-order valence-corrected chi connectivity index (χ0v) is 12.4. The van der Waals surface area contributed by atoms with Crippen LogP contribution in [0.25, 0.3) is 0 Å². The molecule has 2 aromatic carbocycles. The molecule has 0 saturated heterocycles. The van der Waals surface area contributed by atoms with Crippen LogP contribution in [0, 0.1) is 5.41 Å². The lowest BCUT2D eigenvalue weighted by molar-refractivity contribution is 0.493. The molecule has 0 radical (unpaired) electrons. The van der Waals surface area contributed by atoms with Gasteiger partial charge in [0.1, 0.15) is 0 Å². The van der Waals surface area contributed by atoms with E-state index in [4.69, 9.17) is 0 Å². The summed E-state index contributed by atoms with van der Waals surface area (Å²) in [6.07, 6.45) is 3.69. The number of hydrogen-bond donors (Lipinski definition) is 1. The summed E-state index contributed by atoms with van der Waals surface area (Å²) in [5.41, 5.74) is 4.54. The predicted molar refractivity (Wildman–Crippen MR) is 86.1 cm³/mol. The van der Waals surface area contributed by atoms with Crippen molar-refractivity contribution in [3.63, 3.8) is 0 Å². The first-order valence-electron chi connectivity index (χ1n) is 7.56. The van der Waals surface area contributed by atoms with Crippen LogP contribution in [0.15, 0.2) is 54.6 Å². The number of rotatable bonds is 5. The molecule has 1 aliphatic rings. The van der Waals surface area contributed by atoms with Crippen molar-refractivity contribution in [1.29, 1.82) is 0 Å². The number of hydrogen-bond acceptors (Lipinski definition) is 1. The average molecular weight is 265 g/mol. The molecule has 0 spiro atoms. The summed E-state index contributed by atoms with van der Waals surface area (Å²) in [7, 11) is 0. The normalized spacial score (nSPS) is 17.5. The topological polar surface area (TPSA) is 12.0 Å². The van der Waals surface area contributed by atoms with Crippen molar-refractivity contribution in [2.45, 2.75) is 39.2 Å². The molecule has 0 aromatic heterocycles. The lowest BCUT2D eigenvalue weighted by Gasteiger charge is -2.23. The Morgan fingerprint density at radius 3 is 2.35 bits per heavy atom. The van der Waals surface area contributed by atoms with Crippen LogP contribution in [-0.2, 0) is 6.42 Å². The first-order chi connectivity index (χ1) is 9.67. The van der Waals surface area contributed by atoms with E-state index in [1.165, 1.54) is 29.7 Å². The van der Waals surface area contributed by atoms with Gasteiger partial charge in [-0.25, -0.2) is 0 Å². The third-order valence-electron chi connectivity index (χ3n) is 4.71. The minimum atomic E-state index is 0.500. The van der Waals surface area contributed by atoms with Crippen molar-refractivity contribution in [1.82, 2.24) is 0 Å². The van der Waals surface area contributed by atoms with Gasteiger partial charge >= 0.3 is 0 Å². The number of para-hydroxylation sites is 1. The largest absolute Gasteiger partial charge is 0.382 e. The molecule has 1 N–H and O–H groups in total. The van der Waals surface area contributed by atoms with Gasteiger partial charge in [0.25, 0.3) is 0 Å². The smallest absolute Gasteiger partial charge is 0.0378 e. The van der Waals surface area contributed by atoms with Gasteiger partial charge in [-0.3, -0.25) is 0 Å². The molecule has 1 saturated carbocycles. The molecule has 1 nitrogen and oxygen atoms in total. The fourth-order valence-corrected chi connectivity index (χ4v) is 2.67. The number of benzene rings is 2. The zero-order valence-electron chi connectivity index (χ0n) is 12.4. The van der Waals surface area contributed by atoms with Gasteiger partial charge in [0.05, 0.1) is 0 Å². The molecule has 0 heterocycles. The van der Waals surface area contributed by atoms with Gasteiger partial charge in [0, 0.05) is 11.7 Å². The molecule has 1 unspecified atom stereocenters. The Balaban J connectivity index is 1.78. The van der Waals surface area contributed by atoms with Crippen LogP contribution < -0.4 is 5.32 Å². The van der Waals surface area contributed by atoms with Crippen LogP contribution >= 0.6 is 0 Å². The van der Waals surface area contributed by atoms with Gasteiger partial charge in [-0.2, -0.15) is 0 Å². The highest BCUT2D eigenvalue weighted by atomic mass is 14.9. The van der Waals surface area contributed by atoms with Crippen LogP contribution in [-0.4, -0.2) is 6.04 Å². The van der Waals surface area contributed by atoms with Gasteiger partial charge < -0.3 is 5.32 Å². The Kier molecular flexibility index (Phi) is 3.52. The second kappa shape index (κ2) is 5.32. The molecule has 1 aliphatic carbocycles. The molecule has 0 amide bonds. The standard InChI is InChI=1S/C19H23N/c1-15(19(2)12-13-19)20-18-11-7-6-10-17(18)14-16-8-4-3-5-9-16/h3-11,15,20H,12-14H2,1-2H3. The molecular weight excluding hydrogens is 242 g/mol. The summed E-state index contributed by atoms with van der Waals surface area (Å²) in [5.74, 6) is 0. The lowest BCUT2D eigenvalue weighted by atomic mass is 9.98. The summed E-state index contributed by atoms with van der Waals surface area (Å²) in [4.78, 5) is 0. The lowest BCUT2D eigenvalue weighted by Crippen LogP contribution is -2.25. The Hall–Kier alpha value is -1.76. The van der Waals surface area contributed by atoms with E-state index in [9.17, 15) is 0 Å². The monoisotopic (exact) mass is 265 g/mol. The maximum Gasteiger partial charge on any atom is 0.0378 e. The van der Waals surface area contributed by atoms with E-state index in [0.717, 1.165) is 6.42 Å². The van der Waals surface area contributed by atoms with E-state index in [1.54, 1.807) is 0 Å². The average Bonchev–Trinajstić information content (AvgIpc) is 3.21. The minimum absolute atomic E-state index is 0.500. The molecule has 20 heavy (non-hydrogen) atoms. The van der Waals surface area contributed by atoms with Crippen molar-refractivity contribution in [3.8, 4) is 0 Å². The van der Waals surface area contributed by atoms with Gasteiger partial charge in [0.15, 0.2) is 0 Å². The predicted octanol–water partition coefficient (Wildman–Crippen LogP) is 4.88. The Bertz CT molecular complexity index is 569. The van der Waals surface area contributed by atoms with Gasteiger partial charge in [0.2, 0.25) is 0 Å². The summed E-state index contributed by atoms with van der Waals surface area (Å²) >= 11 is 0. The maximum absolute atomic E-state index is 3.73. The molecule has 1 heteroatoms. The van der Waals surface area contributed by atoms with Crippen LogP contribution in [0.1, 0.15) is 37.8 Å². The van der Waals surface area contributed by atoms with Crippen molar-refractivity contribution in [2.75, 3.05) is 5.32 Å². The molecule has 1 fully saturated rings. The molecule has 2 aromatic rings. The van der Waals surface area contributed by atoms with Crippen molar-refractivity contribution in [2.24, 2.45) is 5.41 Å². The maximum atomic E-state index is 3.73. The van der Waals surface area contributed by atoms with E-state index in [0.29, 0.717) is 11.5 Å². The van der Waals surface area contributed by atoms with Crippen molar-refractivity contribution >= 4 is 5.69 Å². The third-order valence-corrected chi connectivity index (χ3v) is 4.71. The highest BCUT2D eigenvalue weighted by molar-refractivity contribution is 5.53. The van der Waals surface area contributed by atoms with Crippen molar-refractivity contribution in [3.05, 3.63) is 65.7 Å². The van der Waals surface area contributed by atoms with Crippen molar-refractivity contribution < 1.29 is 0 Å². The van der Waals surface area contributed by atoms with E-state index in [2.05, 4.69) is 73.8 Å². The third kappa shape index (κ3) is 2.87.